The Hall–Kier alpha value is -0.0800. The van der Waals surface area contributed by atoms with Gasteiger partial charge in [-0.1, -0.05) is 47.5 Å². The fourth-order valence-electron chi connectivity index (χ4n) is 3.43. The van der Waals surface area contributed by atoms with Crippen molar-refractivity contribution in [3.8, 4) is 0 Å². The Kier molecular flexibility index (Phi) is 8.01. The number of nitrogens with one attached hydrogen (secondary N) is 1. The molecule has 0 bridgehead atoms. The molecule has 0 spiro atoms. The summed E-state index contributed by atoms with van der Waals surface area (Å²) in [6.07, 6.45) is 6.94. The van der Waals surface area contributed by atoms with Crippen LogP contribution in [0.25, 0.3) is 0 Å². The molecule has 0 heterocycles. The molecule has 1 saturated carbocycles. The molecule has 1 aliphatic carbocycles. The van der Waals surface area contributed by atoms with Crippen molar-refractivity contribution in [2.24, 2.45) is 17.8 Å². The van der Waals surface area contributed by atoms with Gasteiger partial charge in [0.15, 0.2) is 0 Å². The summed E-state index contributed by atoms with van der Waals surface area (Å²) in [5, 5.41) is 3.55. The predicted octanol–water partition coefficient (Wildman–Crippen LogP) is 4.24. The Morgan fingerprint density at radius 2 is 1.95 bits per heavy atom. The van der Waals surface area contributed by atoms with Gasteiger partial charge in [0.1, 0.15) is 0 Å². The molecule has 1 fully saturated rings. The first-order valence-corrected chi connectivity index (χ1v) is 8.43. The van der Waals surface area contributed by atoms with E-state index >= 15 is 0 Å². The van der Waals surface area contributed by atoms with Crippen LogP contribution in [0.3, 0.4) is 0 Å². The second kappa shape index (κ2) is 8.97. The number of rotatable bonds is 8. The van der Waals surface area contributed by atoms with E-state index in [1.54, 1.807) is 0 Å². The molecule has 0 aromatic rings. The molecule has 0 saturated heterocycles. The lowest BCUT2D eigenvalue weighted by Gasteiger charge is -2.38. The lowest BCUT2D eigenvalue weighted by molar-refractivity contribution is -0.0463. The van der Waals surface area contributed by atoms with Gasteiger partial charge in [-0.2, -0.15) is 0 Å². The molecule has 0 aliphatic heterocycles. The average Bonchev–Trinajstić information content (AvgIpc) is 2.36. The highest BCUT2D eigenvalue weighted by molar-refractivity contribution is 4.82. The van der Waals surface area contributed by atoms with E-state index in [1.165, 1.54) is 32.1 Å². The maximum atomic E-state index is 6.33. The van der Waals surface area contributed by atoms with E-state index < -0.39 is 0 Å². The van der Waals surface area contributed by atoms with E-state index in [4.69, 9.17) is 4.74 Å². The fraction of sp³-hybridized carbons (Fsp3) is 1.00. The first-order chi connectivity index (χ1) is 9.08. The van der Waals surface area contributed by atoms with Crippen LogP contribution in [-0.2, 0) is 4.74 Å². The number of hydrogen-bond donors (Lipinski definition) is 1. The maximum absolute atomic E-state index is 6.33. The molecule has 4 unspecified atom stereocenters. The van der Waals surface area contributed by atoms with Crippen LogP contribution in [0.4, 0.5) is 0 Å². The molecule has 114 valence electrons. The maximum Gasteiger partial charge on any atom is 0.0623 e. The van der Waals surface area contributed by atoms with Crippen molar-refractivity contribution in [1.29, 1.82) is 0 Å². The van der Waals surface area contributed by atoms with E-state index in [1.807, 2.05) is 0 Å². The largest absolute Gasteiger partial charge is 0.376 e. The smallest absolute Gasteiger partial charge is 0.0623 e. The standard InChI is InChI=1S/C17H35NO/c1-6-8-15(18-7-2)12-19-17-11-14(5)9-10-16(17)13(3)4/h13-18H,6-12H2,1-5H3. The zero-order valence-corrected chi connectivity index (χ0v) is 13.7. The van der Waals surface area contributed by atoms with Crippen LogP contribution in [-0.4, -0.2) is 25.3 Å². The Morgan fingerprint density at radius 1 is 1.21 bits per heavy atom. The first kappa shape index (κ1) is 17.0. The van der Waals surface area contributed by atoms with E-state index in [0.717, 1.165) is 30.9 Å². The first-order valence-electron chi connectivity index (χ1n) is 8.43. The fourth-order valence-corrected chi connectivity index (χ4v) is 3.43. The van der Waals surface area contributed by atoms with Crippen molar-refractivity contribution >= 4 is 0 Å². The van der Waals surface area contributed by atoms with Crippen LogP contribution in [0.15, 0.2) is 0 Å². The third-order valence-electron chi connectivity index (χ3n) is 4.60. The molecule has 1 rings (SSSR count). The van der Waals surface area contributed by atoms with Gasteiger partial charge >= 0.3 is 0 Å². The minimum atomic E-state index is 0.488. The Bertz CT molecular complexity index is 223. The van der Waals surface area contributed by atoms with Gasteiger partial charge in [-0.3, -0.25) is 0 Å². The lowest BCUT2D eigenvalue weighted by atomic mass is 9.75. The van der Waals surface area contributed by atoms with E-state index in [2.05, 4.69) is 39.9 Å². The van der Waals surface area contributed by atoms with Gasteiger partial charge in [-0.15, -0.1) is 0 Å². The predicted molar refractivity (Wildman–Crippen MR) is 83.5 cm³/mol. The van der Waals surface area contributed by atoms with Gasteiger partial charge in [0.25, 0.3) is 0 Å². The molecule has 0 radical (unpaired) electrons. The molecule has 0 aromatic carbocycles. The number of ether oxygens (including phenoxy) is 1. The highest BCUT2D eigenvalue weighted by Gasteiger charge is 2.31. The summed E-state index contributed by atoms with van der Waals surface area (Å²) in [4.78, 5) is 0. The Labute approximate surface area is 120 Å². The van der Waals surface area contributed by atoms with Crippen molar-refractivity contribution in [2.45, 2.75) is 78.9 Å². The molecule has 1 aliphatic rings. The summed E-state index contributed by atoms with van der Waals surface area (Å²) < 4.78 is 6.33. The normalized spacial score (nSPS) is 29.7. The highest BCUT2D eigenvalue weighted by Crippen LogP contribution is 2.35. The van der Waals surface area contributed by atoms with Crippen LogP contribution < -0.4 is 5.32 Å². The summed E-state index contributed by atoms with van der Waals surface area (Å²) in [6, 6.07) is 0.542. The van der Waals surface area contributed by atoms with Crippen LogP contribution in [0.1, 0.15) is 66.7 Å². The minimum absolute atomic E-state index is 0.488. The summed E-state index contributed by atoms with van der Waals surface area (Å²) in [6.45, 7) is 13.5. The van der Waals surface area contributed by atoms with E-state index in [9.17, 15) is 0 Å². The van der Waals surface area contributed by atoms with Crippen LogP contribution in [0.2, 0.25) is 0 Å². The molecule has 0 aromatic heterocycles. The molecule has 2 nitrogen and oxygen atoms in total. The van der Waals surface area contributed by atoms with Crippen molar-refractivity contribution in [3.05, 3.63) is 0 Å². The molecular formula is C17H35NO. The molecule has 2 heteroatoms. The number of hydrogen-bond acceptors (Lipinski definition) is 2. The zero-order chi connectivity index (χ0) is 14.3. The van der Waals surface area contributed by atoms with Crippen molar-refractivity contribution in [2.75, 3.05) is 13.2 Å². The average molecular weight is 269 g/mol. The van der Waals surface area contributed by atoms with Gasteiger partial charge in [0.2, 0.25) is 0 Å². The molecular weight excluding hydrogens is 234 g/mol. The van der Waals surface area contributed by atoms with Gasteiger partial charge in [-0.05, 0) is 43.6 Å². The SMILES string of the molecule is CCCC(COC1CC(C)CCC1C(C)C)NCC. The topological polar surface area (TPSA) is 21.3 Å². The molecule has 4 atom stereocenters. The quantitative estimate of drug-likeness (QED) is 0.711. The van der Waals surface area contributed by atoms with Gasteiger partial charge in [0, 0.05) is 6.04 Å². The van der Waals surface area contributed by atoms with Crippen molar-refractivity contribution < 1.29 is 4.74 Å². The van der Waals surface area contributed by atoms with Crippen LogP contribution in [0.5, 0.6) is 0 Å². The zero-order valence-electron chi connectivity index (χ0n) is 13.7. The summed E-state index contributed by atoms with van der Waals surface area (Å²) in [5.74, 6) is 2.35. The van der Waals surface area contributed by atoms with E-state index in [0.29, 0.717) is 12.1 Å². The highest BCUT2D eigenvalue weighted by atomic mass is 16.5. The Morgan fingerprint density at radius 3 is 2.53 bits per heavy atom. The van der Waals surface area contributed by atoms with Gasteiger partial charge < -0.3 is 10.1 Å². The molecule has 1 N–H and O–H groups in total. The minimum Gasteiger partial charge on any atom is -0.376 e. The van der Waals surface area contributed by atoms with E-state index in [-0.39, 0.29) is 0 Å². The number of likely N-dealkylation sites (N-methyl/N-ethyl adjacent to an activating group) is 1. The monoisotopic (exact) mass is 269 g/mol. The van der Waals surface area contributed by atoms with Crippen molar-refractivity contribution in [3.63, 3.8) is 0 Å². The van der Waals surface area contributed by atoms with Crippen molar-refractivity contribution in [1.82, 2.24) is 5.32 Å². The summed E-state index contributed by atoms with van der Waals surface area (Å²) in [7, 11) is 0. The summed E-state index contributed by atoms with van der Waals surface area (Å²) >= 11 is 0. The summed E-state index contributed by atoms with van der Waals surface area (Å²) in [5.41, 5.74) is 0. The third-order valence-corrected chi connectivity index (χ3v) is 4.60. The van der Waals surface area contributed by atoms with Gasteiger partial charge in [-0.25, -0.2) is 0 Å². The third kappa shape index (κ3) is 5.83. The second-order valence-corrected chi connectivity index (χ2v) is 6.74. The Balaban J connectivity index is 2.46. The lowest BCUT2D eigenvalue weighted by Crippen LogP contribution is -2.39. The van der Waals surface area contributed by atoms with Crippen LogP contribution >= 0.6 is 0 Å². The second-order valence-electron chi connectivity index (χ2n) is 6.74. The van der Waals surface area contributed by atoms with Gasteiger partial charge in [0.05, 0.1) is 12.7 Å². The van der Waals surface area contributed by atoms with Crippen LogP contribution in [0, 0.1) is 17.8 Å². The molecule has 19 heavy (non-hydrogen) atoms. The molecule has 0 amide bonds.